The molecule has 0 fully saturated rings. The van der Waals surface area contributed by atoms with Crippen LogP contribution in [0.5, 0.6) is 5.88 Å². The maximum Gasteiger partial charge on any atom is 0.317 e. The molecule has 0 saturated carbocycles. The number of fused-ring (bicyclic) bond motifs is 1. The predicted octanol–water partition coefficient (Wildman–Crippen LogP) is 2.36. The monoisotopic (exact) mass is 297 g/mol. The Hall–Kier alpha value is -2.56. The number of methoxy groups -OCH3 is 1. The van der Waals surface area contributed by atoms with Gasteiger partial charge < -0.3 is 15.0 Å². The molecule has 0 spiro atoms. The smallest absolute Gasteiger partial charge is 0.317 e. The quantitative estimate of drug-likeness (QED) is 0.946. The number of benzene rings is 1. The van der Waals surface area contributed by atoms with Crippen molar-refractivity contribution in [2.75, 3.05) is 13.7 Å². The molecule has 114 valence electrons. The first-order valence-electron chi connectivity index (χ1n) is 7.35. The van der Waals surface area contributed by atoms with Crippen LogP contribution in [0.1, 0.15) is 16.7 Å². The highest BCUT2D eigenvalue weighted by atomic mass is 16.5. The van der Waals surface area contributed by atoms with Crippen LogP contribution in [0.2, 0.25) is 0 Å². The zero-order valence-electron chi connectivity index (χ0n) is 12.6. The van der Waals surface area contributed by atoms with E-state index in [9.17, 15) is 4.79 Å². The van der Waals surface area contributed by atoms with E-state index >= 15 is 0 Å². The Kier molecular flexibility index (Phi) is 4.23. The van der Waals surface area contributed by atoms with Crippen molar-refractivity contribution < 1.29 is 9.53 Å². The Balaban J connectivity index is 1.61. The molecular formula is C17H19N3O2. The van der Waals surface area contributed by atoms with E-state index in [-0.39, 0.29) is 6.03 Å². The van der Waals surface area contributed by atoms with E-state index in [2.05, 4.69) is 22.4 Å². The fraction of sp³-hybridized carbons (Fsp3) is 0.294. The van der Waals surface area contributed by atoms with Gasteiger partial charge in [-0.15, -0.1) is 0 Å². The SMILES string of the molecule is COc1ncccc1CNC(=O)N1CCc2ccccc2C1. The van der Waals surface area contributed by atoms with Crippen LogP contribution in [0.3, 0.4) is 0 Å². The van der Waals surface area contributed by atoms with Crippen LogP contribution < -0.4 is 10.1 Å². The van der Waals surface area contributed by atoms with Gasteiger partial charge in [0.05, 0.1) is 7.11 Å². The summed E-state index contributed by atoms with van der Waals surface area (Å²) < 4.78 is 5.19. The first-order valence-corrected chi connectivity index (χ1v) is 7.35. The zero-order chi connectivity index (χ0) is 15.4. The van der Waals surface area contributed by atoms with E-state index in [1.165, 1.54) is 11.1 Å². The van der Waals surface area contributed by atoms with Gasteiger partial charge in [0.1, 0.15) is 0 Å². The largest absolute Gasteiger partial charge is 0.481 e. The van der Waals surface area contributed by atoms with Gasteiger partial charge in [-0.25, -0.2) is 9.78 Å². The van der Waals surface area contributed by atoms with Gasteiger partial charge in [0.15, 0.2) is 0 Å². The fourth-order valence-electron chi connectivity index (χ4n) is 2.69. The highest BCUT2D eigenvalue weighted by Gasteiger charge is 2.20. The highest BCUT2D eigenvalue weighted by Crippen LogP contribution is 2.19. The Bertz CT molecular complexity index is 672. The van der Waals surface area contributed by atoms with E-state index in [4.69, 9.17) is 4.74 Å². The van der Waals surface area contributed by atoms with Crippen LogP contribution in [0, 0.1) is 0 Å². The Labute approximate surface area is 129 Å². The number of carbonyl (C=O) groups excluding carboxylic acids is 1. The molecule has 0 aliphatic carbocycles. The Morgan fingerprint density at radius 2 is 2.09 bits per heavy atom. The Morgan fingerprint density at radius 3 is 2.91 bits per heavy atom. The van der Waals surface area contributed by atoms with Crippen molar-refractivity contribution in [1.82, 2.24) is 15.2 Å². The van der Waals surface area contributed by atoms with Crippen molar-refractivity contribution in [3.8, 4) is 5.88 Å². The van der Waals surface area contributed by atoms with E-state index in [1.807, 2.05) is 29.2 Å². The van der Waals surface area contributed by atoms with Crippen LogP contribution >= 0.6 is 0 Å². The van der Waals surface area contributed by atoms with Gasteiger partial charge in [0, 0.05) is 31.4 Å². The number of amides is 2. The lowest BCUT2D eigenvalue weighted by Crippen LogP contribution is -2.42. The molecule has 1 N–H and O–H groups in total. The van der Waals surface area contributed by atoms with Gasteiger partial charge in [-0.2, -0.15) is 0 Å². The third-order valence-electron chi connectivity index (χ3n) is 3.89. The highest BCUT2D eigenvalue weighted by molar-refractivity contribution is 5.74. The molecule has 0 unspecified atom stereocenters. The molecule has 0 radical (unpaired) electrons. The molecule has 5 heteroatoms. The number of nitrogens with one attached hydrogen (secondary N) is 1. The number of hydrogen-bond acceptors (Lipinski definition) is 3. The average Bonchev–Trinajstić information content (AvgIpc) is 2.59. The van der Waals surface area contributed by atoms with Crippen LogP contribution in [-0.4, -0.2) is 29.6 Å². The summed E-state index contributed by atoms with van der Waals surface area (Å²) in [6, 6.07) is 12.0. The standard InChI is InChI=1S/C17H19N3O2/c1-22-16-14(7-4-9-18-16)11-19-17(21)20-10-8-13-5-2-3-6-15(13)12-20/h2-7,9H,8,10-12H2,1H3,(H,19,21). The molecule has 1 aliphatic rings. The molecule has 0 bridgehead atoms. The maximum absolute atomic E-state index is 12.3. The number of urea groups is 1. The lowest BCUT2D eigenvalue weighted by atomic mass is 10.0. The number of carbonyl (C=O) groups is 1. The molecule has 0 atom stereocenters. The maximum atomic E-state index is 12.3. The van der Waals surface area contributed by atoms with E-state index in [0.717, 1.165) is 18.5 Å². The van der Waals surface area contributed by atoms with Gasteiger partial charge in [0.2, 0.25) is 5.88 Å². The number of rotatable bonds is 3. The summed E-state index contributed by atoms with van der Waals surface area (Å²) in [5.41, 5.74) is 3.43. The van der Waals surface area contributed by atoms with Crippen molar-refractivity contribution in [2.45, 2.75) is 19.5 Å². The van der Waals surface area contributed by atoms with E-state index in [1.54, 1.807) is 13.3 Å². The third-order valence-corrected chi connectivity index (χ3v) is 3.89. The van der Waals surface area contributed by atoms with Gasteiger partial charge in [0.25, 0.3) is 0 Å². The van der Waals surface area contributed by atoms with E-state index in [0.29, 0.717) is 19.0 Å². The molecule has 2 amide bonds. The summed E-state index contributed by atoms with van der Waals surface area (Å²) in [4.78, 5) is 18.3. The van der Waals surface area contributed by atoms with Crippen molar-refractivity contribution in [3.05, 3.63) is 59.3 Å². The van der Waals surface area contributed by atoms with Crippen molar-refractivity contribution in [1.29, 1.82) is 0 Å². The first kappa shape index (κ1) is 14.4. The lowest BCUT2D eigenvalue weighted by molar-refractivity contribution is 0.192. The second kappa shape index (κ2) is 6.47. The van der Waals surface area contributed by atoms with E-state index < -0.39 is 0 Å². The van der Waals surface area contributed by atoms with Crippen LogP contribution in [-0.2, 0) is 19.5 Å². The third kappa shape index (κ3) is 3.03. The number of nitrogens with zero attached hydrogens (tertiary/aromatic N) is 2. The minimum absolute atomic E-state index is 0.0552. The normalized spacial score (nSPS) is 13.4. The minimum atomic E-state index is -0.0552. The number of pyridine rings is 1. The van der Waals surface area contributed by atoms with Gasteiger partial charge in [-0.1, -0.05) is 30.3 Å². The number of hydrogen-bond donors (Lipinski definition) is 1. The summed E-state index contributed by atoms with van der Waals surface area (Å²) in [5, 5.41) is 2.94. The number of aromatic nitrogens is 1. The second-order valence-corrected chi connectivity index (χ2v) is 5.27. The van der Waals surface area contributed by atoms with Crippen LogP contribution in [0.15, 0.2) is 42.6 Å². The molecule has 2 heterocycles. The lowest BCUT2D eigenvalue weighted by Gasteiger charge is -2.29. The second-order valence-electron chi connectivity index (χ2n) is 5.27. The predicted molar refractivity (Wildman–Crippen MR) is 83.6 cm³/mol. The molecule has 2 aromatic rings. The van der Waals surface area contributed by atoms with Crippen molar-refractivity contribution in [2.24, 2.45) is 0 Å². The molecule has 0 saturated heterocycles. The molecule has 5 nitrogen and oxygen atoms in total. The molecule has 22 heavy (non-hydrogen) atoms. The first-order chi connectivity index (χ1) is 10.8. The molecule has 1 aromatic carbocycles. The average molecular weight is 297 g/mol. The Morgan fingerprint density at radius 1 is 1.27 bits per heavy atom. The summed E-state index contributed by atoms with van der Waals surface area (Å²) in [6.07, 6.45) is 2.57. The summed E-state index contributed by atoms with van der Waals surface area (Å²) in [7, 11) is 1.58. The van der Waals surface area contributed by atoms with Gasteiger partial charge >= 0.3 is 6.03 Å². The van der Waals surface area contributed by atoms with Crippen molar-refractivity contribution >= 4 is 6.03 Å². The van der Waals surface area contributed by atoms with Gasteiger partial charge in [-0.3, -0.25) is 0 Å². The van der Waals surface area contributed by atoms with Gasteiger partial charge in [-0.05, 0) is 23.6 Å². The zero-order valence-corrected chi connectivity index (χ0v) is 12.6. The molecule has 1 aromatic heterocycles. The summed E-state index contributed by atoms with van der Waals surface area (Å²) >= 11 is 0. The van der Waals surface area contributed by atoms with Crippen LogP contribution in [0.4, 0.5) is 4.79 Å². The van der Waals surface area contributed by atoms with Crippen LogP contribution in [0.25, 0.3) is 0 Å². The molecule has 3 rings (SSSR count). The minimum Gasteiger partial charge on any atom is -0.481 e. The summed E-state index contributed by atoms with van der Waals surface area (Å²) in [5.74, 6) is 0.548. The van der Waals surface area contributed by atoms with Crippen molar-refractivity contribution in [3.63, 3.8) is 0 Å². The number of ether oxygens (including phenoxy) is 1. The topological polar surface area (TPSA) is 54.5 Å². The fourth-order valence-corrected chi connectivity index (χ4v) is 2.69. The molecular weight excluding hydrogens is 278 g/mol. The summed E-state index contributed by atoms with van der Waals surface area (Å²) in [6.45, 7) is 1.81. The molecule has 1 aliphatic heterocycles.